The second kappa shape index (κ2) is 5.64. The average Bonchev–Trinajstić information content (AvgIpc) is 3.01. The third-order valence-corrected chi connectivity index (χ3v) is 3.70. The Balaban J connectivity index is 1.96. The van der Waals surface area contributed by atoms with Crippen LogP contribution in [0.1, 0.15) is 45.3 Å². The van der Waals surface area contributed by atoms with Crippen molar-refractivity contribution >= 4 is 17.6 Å². The normalized spacial score (nSPS) is 16.1. The molecule has 1 aromatic heterocycles. The third-order valence-electron chi connectivity index (χ3n) is 3.70. The Bertz CT molecular complexity index is 502. The Morgan fingerprint density at radius 2 is 1.95 bits per heavy atom. The van der Waals surface area contributed by atoms with Crippen LogP contribution in [0.25, 0.3) is 0 Å². The first kappa shape index (κ1) is 14.6. The van der Waals surface area contributed by atoms with Gasteiger partial charge in [0.15, 0.2) is 5.82 Å². The highest BCUT2D eigenvalue weighted by Crippen LogP contribution is 2.22. The minimum Gasteiger partial charge on any atom is -0.360 e. The lowest BCUT2D eigenvalue weighted by Crippen LogP contribution is -2.48. The summed E-state index contributed by atoms with van der Waals surface area (Å²) >= 11 is 0. The molecule has 6 heteroatoms. The molecule has 0 aromatic carbocycles. The van der Waals surface area contributed by atoms with Crippen molar-refractivity contribution in [2.75, 3.05) is 5.32 Å². The molecule has 1 aromatic rings. The quantitative estimate of drug-likeness (QED) is 0.826. The largest absolute Gasteiger partial charge is 0.360 e. The first-order valence-corrected chi connectivity index (χ1v) is 6.95. The Hall–Kier alpha value is -1.85. The molecular weight excluding hydrogens is 258 g/mol. The number of carbonyl (C=O) groups excluding carboxylic acids is 2. The molecule has 0 radical (unpaired) electrons. The van der Waals surface area contributed by atoms with Gasteiger partial charge in [0.25, 0.3) is 0 Å². The van der Waals surface area contributed by atoms with Gasteiger partial charge >= 0.3 is 0 Å². The highest BCUT2D eigenvalue weighted by atomic mass is 16.5. The SMILES string of the molecule is Cc1cc(NC(=O)C(C)(C)C(=O)NC2CCCC2)no1. The molecule has 0 aliphatic heterocycles. The van der Waals surface area contributed by atoms with Crippen molar-refractivity contribution in [1.82, 2.24) is 10.5 Å². The number of nitrogens with zero attached hydrogens (tertiary/aromatic N) is 1. The van der Waals surface area contributed by atoms with Crippen LogP contribution in [-0.2, 0) is 9.59 Å². The fourth-order valence-electron chi connectivity index (χ4n) is 2.24. The van der Waals surface area contributed by atoms with Gasteiger partial charge in [0, 0.05) is 12.1 Å². The molecule has 1 aliphatic rings. The van der Waals surface area contributed by atoms with Gasteiger partial charge in [-0.2, -0.15) is 0 Å². The topological polar surface area (TPSA) is 84.2 Å². The Labute approximate surface area is 118 Å². The lowest BCUT2D eigenvalue weighted by molar-refractivity contribution is -0.138. The standard InChI is InChI=1S/C14H21N3O3/c1-9-8-11(17-20-9)16-13(19)14(2,3)12(18)15-10-6-4-5-7-10/h8,10H,4-7H2,1-3H3,(H,15,18)(H,16,17,19). The Morgan fingerprint density at radius 3 is 2.50 bits per heavy atom. The van der Waals surface area contributed by atoms with Crippen LogP contribution >= 0.6 is 0 Å². The maximum Gasteiger partial charge on any atom is 0.240 e. The molecule has 2 amide bonds. The molecule has 1 saturated carbocycles. The summed E-state index contributed by atoms with van der Waals surface area (Å²) < 4.78 is 4.88. The number of aryl methyl sites for hydroxylation is 1. The molecule has 110 valence electrons. The number of hydrogen-bond donors (Lipinski definition) is 2. The van der Waals surface area contributed by atoms with Gasteiger partial charge in [0.2, 0.25) is 11.8 Å². The van der Waals surface area contributed by atoms with Gasteiger partial charge < -0.3 is 15.2 Å². The van der Waals surface area contributed by atoms with Gasteiger partial charge in [-0.15, -0.1) is 0 Å². The molecule has 0 saturated heterocycles. The first-order valence-electron chi connectivity index (χ1n) is 6.95. The minimum absolute atomic E-state index is 0.198. The van der Waals surface area contributed by atoms with E-state index in [1.807, 2.05) is 0 Å². The number of hydrogen-bond acceptors (Lipinski definition) is 4. The second-order valence-electron chi connectivity index (χ2n) is 5.86. The van der Waals surface area contributed by atoms with Gasteiger partial charge in [-0.25, -0.2) is 0 Å². The summed E-state index contributed by atoms with van der Waals surface area (Å²) in [7, 11) is 0. The zero-order valence-corrected chi connectivity index (χ0v) is 12.2. The van der Waals surface area contributed by atoms with Crippen LogP contribution in [-0.4, -0.2) is 23.0 Å². The fourth-order valence-corrected chi connectivity index (χ4v) is 2.24. The smallest absolute Gasteiger partial charge is 0.240 e. The van der Waals surface area contributed by atoms with Crippen molar-refractivity contribution in [3.8, 4) is 0 Å². The maximum absolute atomic E-state index is 12.2. The number of anilines is 1. The third kappa shape index (κ3) is 3.18. The van der Waals surface area contributed by atoms with Crippen LogP contribution in [0.15, 0.2) is 10.6 Å². The summed E-state index contributed by atoms with van der Waals surface area (Å²) in [6.45, 7) is 4.96. The predicted octanol–water partition coefficient (Wildman–Crippen LogP) is 2.01. The number of carbonyl (C=O) groups is 2. The van der Waals surface area contributed by atoms with Crippen LogP contribution < -0.4 is 10.6 Å². The van der Waals surface area contributed by atoms with E-state index in [2.05, 4.69) is 15.8 Å². The molecule has 0 spiro atoms. The number of rotatable bonds is 4. The fraction of sp³-hybridized carbons (Fsp3) is 0.643. The molecule has 0 unspecified atom stereocenters. The number of aromatic nitrogens is 1. The molecule has 6 nitrogen and oxygen atoms in total. The van der Waals surface area contributed by atoms with E-state index < -0.39 is 5.41 Å². The number of nitrogens with one attached hydrogen (secondary N) is 2. The van der Waals surface area contributed by atoms with Crippen molar-refractivity contribution in [3.63, 3.8) is 0 Å². The predicted molar refractivity (Wildman–Crippen MR) is 74.0 cm³/mol. The van der Waals surface area contributed by atoms with Gasteiger partial charge in [0.1, 0.15) is 11.2 Å². The van der Waals surface area contributed by atoms with E-state index in [-0.39, 0.29) is 17.9 Å². The summed E-state index contributed by atoms with van der Waals surface area (Å²) in [4.78, 5) is 24.4. The summed E-state index contributed by atoms with van der Waals surface area (Å²) in [5.74, 6) is 0.297. The molecule has 1 fully saturated rings. The molecule has 2 N–H and O–H groups in total. The molecular formula is C14H21N3O3. The van der Waals surface area contributed by atoms with Crippen LogP contribution in [0.5, 0.6) is 0 Å². The molecule has 0 bridgehead atoms. The molecule has 1 heterocycles. The second-order valence-corrected chi connectivity index (χ2v) is 5.86. The monoisotopic (exact) mass is 279 g/mol. The summed E-state index contributed by atoms with van der Waals surface area (Å²) in [6.07, 6.45) is 4.25. The number of amides is 2. The van der Waals surface area contributed by atoms with Gasteiger partial charge in [0.05, 0.1) is 0 Å². The molecule has 1 aliphatic carbocycles. The Morgan fingerprint density at radius 1 is 1.30 bits per heavy atom. The first-order chi connectivity index (χ1) is 9.39. The van der Waals surface area contributed by atoms with E-state index in [4.69, 9.17) is 4.52 Å². The van der Waals surface area contributed by atoms with E-state index >= 15 is 0 Å². The zero-order valence-electron chi connectivity index (χ0n) is 12.2. The lowest BCUT2D eigenvalue weighted by atomic mass is 9.90. The molecule has 2 rings (SSSR count). The van der Waals surface area contributed by atoms with Gasteiger partial charge in [-0.05, 0) is 33.6 Å². The highest BCUT2D eigenvalue weighted by Gasteiger charge is 2.37. The summed E-state index contributed by atoms with van der Waals surface area (Å²) in [5.41, 5.74) is -1.14. The van der Waals surface area contributed by atoms with Crippen LogP contribution in [0, 0.1) is 12.3 Å². The van der Waals surface area contributed by atoms with E-state index in [1.165, 1.54) is 0 Å². The molecule has 0 atom stereocenters. The van der Waals surface area contributed by atoms with Crippen LogP contribution in [0.4, 0.5) is 5.82 Å². The van der Waals surface area contributed by atoms with Crippen molar-refractivity contribution < 1.29 is 14.1 Å². The summed E-state index contributed by atoms with van der Waals surface area (Å²) in [5, 5.41) is 9.24. The Kier molecular flexibility index (Phi) is 4.11. The summed E-state index contributed by atoms with van der Waals surface area (Å²) in [6, 6.07) is 1.81. The van der Waals surface area contributed by atoms with E-state index in [9.17, 15) is 9.59 Å². The van der Waals surface area contributed by atoms with Crippen molar-refractivity contribution in [2.45, 2.75) is 52.5 Å². The van der Waals surface area contributed by atoms with Crippen molar-refractivity contribution in [2.24, 2.45) is 5.41 Å². The van der Waals surface area contributed by atoms with Crippen molar-refractivity contribution in [1.29, 1.82) is 0 Å². The highest BCUT2D eigenvalue weighted by molar-refractivity contribution is 6.09. The van der Waals surface area contributed by atoms with Gasteiger partial charge in [-0.3, -0.25) is 9.59 Å². The average molecular weight is 279 g/mol. The molecule has 20 heavy (non-hydrogen) atoms. The van der Waals surface area contributed by atoms with Crippen molar-refractivity contribution in [3.05, 3.63) is 11.8 Å². The zero-order chi connectivity index (χ0) is 14.8. The van der Waals surface area contributed by atoms with Gasteiger partial charge in [-0.1, -0.05) is 18.0 Å². The minimum atomic E-state index is -1.14. The van der Waals surface area contributed by atoms with E-state index in [0.717, 1.165) is 25.7 Å². The van der Waals surface area contributed by atoms with E-state index in [0.29, 0.717) is 11.6 Å². The lowest BCUT2D eigenvalue weighted by Gasteiger charge is -2.24. The maximum atomic E-state index is 12.2. The van der Waals surface area contributed by atoms with Crippen LogP contribution in [0.3, 0.4) is 0 Å². The van der Waals surface area contributed by atoms with E-state index in [1.54, 1.807) is 26.8 Å². The van der Waals surface area contributed by atoms with Crippen LogP contribution in [0.2, 0.25) is 0 Å².